The van der Waals surface area contributed by atoms with Crippen molar-refractivity contribution in [1.82, 2.24) is 30.8 Å². The summed E-state index contributed by atoms with van der Waals surface area (Å²) < 4.78 is 0. The molecule has 0 bridgehead atoms. The molecule has 1 unspecified atom stereocenters. The van der Waals surface area contributed by atoms with Gasteiger partial charge in [0.15, 0.2) is 0 Å². The molecule has 3 aromatic rings. The summed E-state index contributed by atoms with van der Waals surface area (Å²) in [4.78, 5) is 59.0. The van der Waals surface area contributed by atoms with E-state index in [1.165, 1.54) is 12.5 Å². The molecule has 1 aliphatic heterocycles. The second kappa shape index (κ2) is 13.9. The van der Waals surface area contributed by atoms with Gasteiger partial charge in [-0.3, -0.25) is 19.3 Å². The molecule has 4 atom stereocenters. The molecular weight excluding hydrogens is 524 g/mol. The van der Waals surface area contributed by atoms with E-state index in [-0.39, 0.29) is 30.7 Å². The zero-order valence-electron chi connectivity index (χ0n) is 23.4. The minimum Gasteiger partial charge on any atom is -0.480 e. The highest BCUT2D eigenvalue weighted by Crippen LogP contribution is 2.23. The molecule has 0 saturated carbocycles. The van der Waals surface area contributed by atoms with Gasteiger partial charge in [-0.25, -0.2) is 9.78 Å². The lowest BCUT2D eigenvalue weighted by atomic mass is 10.00. The molecule has 1 fully saturated rings. The second-order valence-corrected chi connectivity index (χ2v) is 10.7. The molecule has 0 spiro atoms. The van der Waals surface area contributed by atoms with Crippen molar-refractivity contribution < 1.29 is 24.3 Å². The number of amides is 3. The molecule has 1 aliphatic rings. The number of benzene rings is 2. The Morgan fingerprint density at radius 3 is 2.61 bits per heavy atom. The van der Waals surface area contributed by atoms with Gasteiger partial charge in [0.05, 0.1) is 19.0 Å². The van der Waals surface area contributed by atoms with E-state index in [0.717, 1.165) is 22.8 Å². The molecule has 11 nitrogen and oxygen atoms in total. The lowest BCUT2D eigenvalue weighted by molar-refractivity contribution is -0.142. The van der Waals surface area contributed by atoms with Crippen LogP contribution in [0.5, 0.6) is 0 Å². The molecule has 0 radical (unpaired) electrons. The van der Waals surface area contributed by atoms with E-state index in [4.69, 9.17) is 0 Å². The number of imidazole rings is 1. The zero-order chi connectivity index (χ0) is 29.4. The highest BCUT2D eigenvalue weighted by atomic mass is 16.4. The van der Waals surface area contributed by atoms with Crippen molar-refractivity contribution in [2.75, 3.05) is 6.54 Å². The van der Waals surface area contributed by atoms with Gasteiger partial charge in [-0.1, -0.05) is 62.7 Å². The van der Waals surface area contributed by atoms with Crippen LogP contribution in [0.4, 0.5) is 0 Å². The van der Waals surface area contributed by atoms with Crippen LogP contribution in [0.3, 0.4) is 0 Å². The Kier molecular flexibility index (Phi) is 10.1. The summed E-state index contributed by atoms with van der Waals surface area (Å²) in [6.45, 7) is 4.34. The standard InChI is InChI=1S/C30H38N6O5/c1-3-19(2)13-26(35-29(39)24-11-12-27(37)33-24)36(16-21-9-6-8-20-7-4-5-10-23(20)21)17-28(38)34-25(30(40)41)14-22-15-31-18-32-22/h4-10,15,18-19,24-26H,3,11-14,16-17H2,1-2H3,(H,31,32)(H,33,37)(H,34,38)(H,35,39)(H,40,41)/t19-,24-,25-,26?/m0/s1. The van der Waals surface area contributed by atoms with Crippen LogP contribution in [0.1, 0.15) is 50.8 Å². The van der Waals surface area contributed by atoms with Crippen LogP contribution in [0.15, 0.2) is 55.0 Å². The third-order valence-electron chi connectivity index (χ3n) is 7.60. The van der Waals surface area contributed by atoms with E-state index in [9.17, 15) is 24.3 Å². The molecule has 2 heterocycles. The van der Waals surface area contributed by atoms with Crippen LogP contribution in [0.25, 0.3) is 10.8 Å². The van der Waals surface area contributed by atoms with Gasteiger partial charge in [0.1, 0.15) is 12.1 Å². The van der Waals surface area contributed by atoms with E-state index >= 15 is 0 Å². The van der Waals surface area contributed by atoms with Crippen molar-refractivity contribution in [2.24, 2.45) is 5.92 Å². The van der Waals surface area contributed by atoms with Crippen LogP contribution in [-0.4, -0.2) is 68.5 Å². The van der Waals surface area contributed by atoms with Gasteiger partial charge in [-0.05, 0) is 35.1 Å². The monoisotopic (exact) mass is 562 g/mol. The number of carboxylic acids is 1. The maximum atomic E-state index is 13.4. The van der Waals surface area contributed by atoms with Crippen molar-refractivity contribution in [2.45, 2.75) is 70.7 Å². The van der Waals surface area contributed by atoms with Crippen molar-refractivity contribution in [1.29, 1.82) is 0 Å². The highest BCUT2D eigenvalue weighted by Gasteiger charge is 2.32. The summed E-state index contributed by atoms with van der Waals surface area (Å²) in [5, 5.41) is 20.3. The average molecular weight is 563 g/mol. The molecule has 1 saturated heterocycles. The Bertz CT molecular complexity index is 1360. The highest BCUT2D eigenvalue weighted by molar-refractivity contribution is 5.91. The number of nitrogens with one attached hydrogen (secondary N) is 4. The quantitative estimate of drug-likeness (QED) is 0.189. The first kappa shape index (κ1) is 29.7. The summed E-state index contributed by atoms with van der Waals surface area (Å²) >= 11 is 0. The van der Waals surface area contributed by atoms with Gasteiger partial charge in [-0.2, -0.15) is 0 Å². The first-order chi connectivity index (χ1) is 19.7. The van der Waals surface area contributed by atoms with Crippen LogP contribution in [0, 0.1) is 5.92 Å². The van der Waals surface area contributed by atoms with E-state index in [0.29, 0.717) is 31.5 Å². The van der Waals surface area contributed by atoms with E-state index in [1.54, 1.807) is 0 Å². The molecule has 0 aliphatic carbocycles. The predicted molar refractivity (Wildman–Crippen MR) is 153 cm³/mol. The number of aromatic nitrogens is 2. The molecule has 1 aromatic heterocycles. The topological polar surface area (TPSA) is 157 Å². The smallest absolute Gasteiger partial charge is 0.326 e. The normalized spacial score (nSPS) is 17.1. The van der Waals surface area contributed by atoms with Gasteiger partial charge in [0.25, 0.3) is 0 Å². The average Bonchev–Trinajstić information content (AvgIpc) is 3.63. The first-order valence-electron chi connectivity index (χ1n) is 14.0. The summed E-state index contributed by atoms with van der Waals surface area (Å²) in [5.41, 5.74) is 1.56. The number of carbonyl (C=O) groups is 4. The third kappa shape index (κ3) is 8.14. The van der Waals surface area contributed by atoms with Crippen molar-refractivity contribution >= 4 is 34.5 Å². The molecule has 11 heteroatoms. The molecule has 3 amide bonds. The number of aliphatic carboxylic acids is 1. The summed E-state index contributed by atoms with van der Waals surface area (Å²) in [6, 6.07) is 12.1. The molecular formula is C30H38N6O5. The Balaban J connectivity index is 1.61. The molecule has 4 rings (SSSR count). The maximum absolute atomic E-state index is 13.4. The lowest BCUT2D eigenvalue weighted by Crippen LogP contribution is -2.56. The van der Waals surface area contributed by atoms with E-state index in [1.807, 2.05) is 47.4 Å². The summed E-state index contributed by atoms with van der Waals surface area (Å²) in [6.07, 6.45) is 4.64. The van der Waals surface area contributed by atoms with Gasteiger partial charge < -0.3 is 26.0 Å². The predicted octanol–water partition coefficient (Wildman–Crippen LogP) is 2.33. The zero-order valence-corrected chi connectivity index (χ0v) is 23.4. The van der Waals surface area contributed by atoms with Gasteiger partial charge in [0, 0.05) is 31.3 Å². The minimum absolute atomic E-state index is 0.0544. The van der Waals surface area contributed by atoms with Gasteiger partial charge in [0.2, 0.25) is 17.7 Å². The van der Waals surface area contributed by atoms with Crippen LogP contribution < -0.4 is 16.0 Å². The number of hydrogen-bond donors (Lipinski definition) is 5. The van der Waals surface area contributed by atoms with Crippen molar-refractivity contribution in [3.63, 3.8) is 0 Å². The fourth-order valence-electron chi connectivity index (χ4n) is 5.09. The number of carboxylic acid groups (broad SMARTS) is 1. The van der Waals surface area contributed by atoms with Crippen LogP contribution >= 0.6 is 0 Å². The van der Waals surface area contributed by atoms with Crippen LogP contribution in [0.2, 0.25) is 0 Å². The SMILES string of the molecule is CC[C@H](C)CC(NC(=O)[C@@H]1CCC(=O)N1)N(CC(=O)N[C@@H](Cc1cnc[nH]1)C(=O)O)Cc1cccc2ccccc12. The maximum Gasteiger partial charge on any atom is 0.326 e. The number of hydrogen-bond acceptors (Lipinski definition) is 6. The summed E-state index contributed by atoms with van der Waals surface area (Å²) in [5.74, 6) is -1.86. The van der Waals surface area contributed by atoms with Gasteiger partial charge >= 0.3 is 5.97 Å². The van der Waals surface area contributed by atoms with Crippen molar-refractivity contribution in [3.05, 3.63) is 66.2 Å². The lowest BCUT2D eigenvalue weighted by Gasteiger charge is -2.34. The number of nitrogens with zero attached hydrogens (tertiary/aromatic N) is 2. The van der Waals surface area contributed by atoms with Crippen molar-refractivity contribution in [3.8, 4) is 0 Å². The molecule has 2 aromatic carbocycles. The number of rotatable bonds is 14. The first-order valence-corrected chi connectivity index (χ1v) is 14.0. The number of aromatic amines is 1. The molecule has 5 N–H and O–H groups in total. The van der Waals surface area contributed by atoms with Crippen LogP contribution in [-0.2, 0) is 32.1 Å². The molecule has 41 heavy (non-hydrogen) atoms. The number of carbonyl (C=O) groups excluding carboxylic acids is 3. The number of H-pyrrole nitrogens is 1. The van der Waals surface area contributed by atoms with E-state index in [2.05, 4.69) is 39.8 Å². The number of fused-ring (bicyclic) bond motifs is 1. The Morgan fingerprint density at radius 1 is 1.15 bits per heavy atom. The Hall–Kier alpha value is -4.25. The minimum atomic E-state index is -1.16. The second-order valence-electron chi connectivity index (χ2n) is 10.7. The molecule has 218 valence electrons. The Labute approximate surface area is 239 Å². The fraction of sp³-hybridized carbons (Fsp3) is 0.433. The summed E-state index contributed by atoms with van der Waals surface area (Å²) in [7, 11) is 0. The van der Waals surface area contributed by atoms with E-state index < -0.39 is 30.1 Å². The third-order valence-corrected chi connectivity index (χ3v) is 7.60. The fourth-order valence-corrected chi connectivity index (χ4v) is 5.09. The largest absolute Gasteiger partial charge is 0.480 e. The Morgan fingerprint density at radius 2 is 1.93 bits per heavy atom. The van der Waals surface area contributed by atoms with Gasteiger partial charge in [-0.15, -0.1) is 0 Å².